The van der Waals surface area contributed by atoms with Gasteiger partial charge < -0.3 is 10.6 Å². The summed E-state index contributed by atoms with van der Waals surface area (Å²) >= 11 is 0. The first kappa shape index (κ1) is 14.1. The zero-order valence-electron chi connectivity index (χ0n) is 11.1. The highest BCUT2D eigenvalue weighted by Gasteiger charge is 1.93. The quantitative estimate of drug-likeness (QED) is 0.641. The molecule has 3 nitrogen and oxygen atoms in total. The Labute approximate surface area is 105 Å². The van der Waals surface area contributed by atoms with Crippen molar-refractivity contribution in [2.45, 2.75) is 26.7 Å². The minimum atomic E-state index is 0.745. The van der Waals surface area contributed by atoms with Crippen molar-refractivity contribution in [2.24, 2.45) is 5.92 Å². The highest BCUT2D eigenvalue weighted by molar-refractivity contribution is 5.09. The lowest BCUT2D eigenvalue weighted by molar-refractivity contribution is 0.531. The molecule has 96 valence electrons. The van der Waals surface area contributed by atoms with Crippen molar-refractivity contribution in [1.82, 2.24) is 15.6 Å². The molecular weight excluding hydrogens is 210 g/mol. The molecule has 2 N–H and O–H groups in total. The summed E-state index contributed by atoms with van der Waals surface area (Å²) < 4.78 is 0. The van der Waals surface area contributed by atoms with E-state index in [-0.39, 0.29) is 0 Å². The van der Waals surface area contributed by atoms with Gasteiger partial charge in [-0.05, 0) is 62.6 Å². The number of pyridine rings is 1. The average Bonchev–Trinajstić information content (AvgIpc) is 2.33. The summed E-state index contributed by atoms with van der Waals surface area (Å²) in [6.45, 7) is 8.85. The highest BCUT2D eigenvalue weighted by atomic mass is 14.9. The van der Waals surface area contributed by atoms with E-state index in [0.717, 1.165) is 38.5 Å². The maximum Gasteiger partial charge on any atom is 0.0270 e. The molecule has 0 saturated heterocycles. The van der Waals surface area contributed by atoms with Crippen LogP contribution in [0.25, 0.3) is 0 Å². The zero-order chi connectivity index (χ0) is 12.3. The van der Waals surface area contributed by atoms with E-state index in [4.69, 9.17) is 0 Å². The molecule has 1 aromatic rings. The average molecular weight is 235 g/mol. The highest BCUT2D eigenvalue weighted by Crippen LogP contribution is 1.95. The maximum atomic E-state index is 4.01. The van der Waals surface area contributed by atoms with Gasteiger partial charge in [-0.1, -0.05) is 13.8 Å². The molecule has 3 heteroatoms. The SMILES string of the molecule is CC(C)CNCCCNCCc1ccncc1. The largest absolute Gasteiger partial charge is 0.316 e. The molecule has 1 heterocycles. The minimum absolute atomic E-state index is 0.745. The summed E-state index contributed by atoms with van der Waals surface area (Å²) in [4.78, 5) is 4.01. The molecule has 0 aliphatic heterocycles. The molecule has 0 aliphatic rings. The lowest BCUT2D eigenvalue weighted by Gasteiger charge is -2.08. The van der Waals surface area contributed by atoms with E-state index in [1.165, 1.54) is 12.0 Å². The van der Waals surface area contributed by atoms with Crippen LogP contribution in [0.2, 0.25) is 0 Å². The Balaban J connectivity index is 1.88. The summed E-state index contributed by atoms with van der Waals surface area (Å²) in [5.74, 6) is 0.745. The molecule has 0 spiro atoms. The summed E-state index contributed by atoms with van der Waals surface area (Å²) in [6.07, 6.45) is 5.99. The van der Waals surface area contributed by atoms with Gasteiger partial charge in [0.05, 0.1) is 0 Å². The van der Waals surface area contributed by atoms with Crippen molar-refractivity contribution in [3.8, 4) is 0 Å². The molecule has 0 radical (unpaired) electrons. The molecule has 0 aromatic carbocycles. The topological polar surface area (TPSA) is 37.0 Å². The van der Waals surface area contributed by atoms with Gasteiger partial charge in [0.25, 0.3) is 0 Å². The third-order valence-electron chi connectivity index (χ3n) is 2.60. The minimum Gasteiger partial charge on any atom is -0.316 e. The number of hydrogen-bond acceptors (Lipinski definition) is 3. The van der Waals surface area contributed by atoms with Crippen LogP contribution in [0, 0.1) is 5.92 Å². The van der Waals surface area contributed by atoms with E-state index in [2.05, 4.69) is 41.6 Å². The molecule has 0 fully saturated rings. The summed E-state index contributed by atoms with van der Waals surface area (Å²) in [5, 5.41) is 6.91. The van der Waals surface area contributed by atoms with E-state index in [9.17, 15) is 0 Å². The normalized spacial score (nSPS) is 11.0. The van der Waals surface area contributed by atoms with Crippen LogP contribution in [0.15, 0.2) is 24.5 Å². The molecule has 0 aliphatic carbocycles. The fraction of sp³-hybridized carbons (Fsp3) is 0.643. The van der Waals surface area contributed by atoms with Crippen LogP contribution in [0.3, 0.4) is 0 Å². The lowest BCUT2D eigenvalue weighted by Crippen LogP contribution is -2.25. The Morgan fingerprint density at radius 1 is 1.06 bits per heavy atom. The number of rotatable bonds is 9. The lowest BCUT2D eigenvalue weighted by atomic mass is 10.2. The Bertz CT molecular complexity index is 272. The molecule has 0 saturated carbocycles. The zero-order valence-corrected chi connectivity index (χ0v) is 11.1. The number of nitrogens with zero attached hydrogens (tertiary/aromatic N) is 1. The number of aromatic nitrogens is 1. The van der Waals surface area contributed by atoms with E-state index in [1.54, 1.807) is 0 Å². The molecule has 0 amide bonds. The predicted molar refractivity (Wildman–Crippen MR) is 73.1 cm³/mol. The second-order valence-corrected chi connectivity index (χ2v) is 4.81. The van der Waals surface area contributed by atoms with Gasteiger partial charge in [-0.2, -0.15) is 0 Å². The summed E-state index contributed by atoms with van der Waals surface area (Å²) in [7, 11) is 0. The first-order chi connectivity index (χ1) is 8.29. The van der Waals surface area contributed by atoms with Crippen LogP contribution in [0.4, 0.5) is 0 Å². The van der Waals surface area contributed by atoms with Crippen molar-refractivity contribution >= 4 is 0 Å². The predicted octanol–water partition coefficient (Wildman–Crippen LogP) is 1.85. The first-order valence-electron chi connectivity index (χ1n) is 6.59. The van der Waals surface area contributed by atoms with Gasteiger partial charge in [0.1, 0.15) is 0 Å². The second kappa shape index (κ2) is 9.14. The van der Waals surface area contributed by atoms with Gasteiger partial charge in [-0.3, -0.25) is 4.98 Å². The number of nitrogens with one attached hydrogen (secondary N) is 2. The monoisotopic (exact) mass is 235 g/mol. The Morgan fingerprint density at radius 2 is 1.76 bits per heavy atom. The van der Waals surface area contributed by atoms with Crippen LogP contribution in [-0.4, -0.2) is 31.2 Å². The van der Waals surface area contributed by atoms with Crippen molar-refractivity contribution < 1.29 is 0 Å². The molecule has 17 heavy (non-hydrogen) atoms. The van der Waals surface area contributed by atoms with Crippen molar-refractivity contribution in [2.75, 3.05) is 26.2 Å². The van der Waals surface area contributed by atoms with Crippen LogP contribution in [0.1, 0.15) is 25.8 Å². The Kier molecular flexibility index (Phi) is 7.60. The number of hydrogen-bond donors (Lipinski definition) is 2. The second-order valence-electron chi connectivity index (χ2n) is 4.81. The van der Waals surface area contributed by atoms with Crippen LogP contribution < -0.4 is 10.6 Å². The van der Waals surface area contributed by atoms with E-state index in [0.29, 0.717) is 0 Å². The molecular formula is C14H25N3. The van der Waals surface area contributed by atoms with E-state index >= 15 is 0 Å². The summed E-state index contributed by atoms with van der Waals surface area (Å²) in [6, 6.07) is 4.15. The first-order valence-corrected chi connectivity index (χ1v) is 6.59. The van der Waals surface area contributed by atoms with Crippen molar-refractivity contribution in [1.29, 1.82) is 0 Å². The third kappa shape index (κ3) is 7.88. The van der Waals surface area contributed by atoms with Gasteiger partial charge in [-0.15, -0.1) is 0 Å². The third-order valence-corrected chi connectivity index (χ3v) is 2.60. The van der Waals surface area contributed by atoms with Crippen LogP contribution in [0.5, 0.6) is 0 Å². The van der Waals surface area contributed by atoms with Crippen molar-refractivity contribution in [3.63, 3.8) is 0 Å². The van der Waals surface area contributed by atoms with E-state index < -0.39 is 0 Å². The maximum absolute atomic E-state index is 4.01. The fourth-order valence-corrected chi connectivity index (χ4v) is 1.64. The molecule has 1 rings (SSSR count). The fourth-order valence-electron chi connectivity index (χ4n) is 1.64. The van der Waals surface area contributed by atoms with Gasteiger partial charge in [-0.25, -0.2) is 0 Å². The molecule has 0 atom stereocenters. The van der Waals surface area contributed by atoms with Crippen LogP contribution >= 0.6 is 0 Å². The Morgan fingerprint density at radius 3 is 2.47 bits per heavy atom. The Hall–Kier alpha value is -0.930. The van der Waals surface area contributed by atoms with Crippen molar-refractivity contribution in [3.05, 3.63) is 30.1 Å². The molecule has 0 bridgehead atoms. The standard InChI is InChI=1S/C14H25N3/c1-13(2)12-17-8-3-7-15-9-4-14-5-10-16-11-6-14/h5-6,10-11,13,15,17H,3-4,7-9,12H2,1-2H3. The van der Waals surface area contributed by atoms with Gasteiger partial charge in [0.2, 0.25) is 0 Å². The van der Waals surface area contributed by atoms with Gasteiger partial charge in [0, 0.05) is 12.4 Å². The van der Waals surface area contributed by atoms with Gasteiger partial charge in [0.15, 0.2) is 0 Å². The van der Waals surface area contributed by atoms with Gasteiger partial charge >= 0.3 is 0 Å². The molecule has 0 unspecified atom stereocenters. The van der Waals surface area contributed by atoms with E-state index in [1.807, 2.05) is 12.4 Å². The van der Waals surface area contributed by atoms with Crippen LogP contribution in [-0.2, 0) is 6.42 Å². The molecule has 1 aromatic heterocycles. The summed E-state index contributed by atoms with van der Waals surface area (Å²) in [5.41, 5.74) is 1.35. The smallest absolute Gasteiger partial charge is 0.0270 e.